The van der Waals surface area contributed by atoms with Crippen LogP contribution in [0.1, 0.15) is 6.23 Å². The van der Waals surface area contributed by atoms with Gasteiger partial charge in [-0.2, -0.15) is 0 Å². The number of hydrogen-bond donors (Lipinski definition) is 3. The number of nitrogen functional groups attached to an aromatic ring is 1. The minimum Gasteiger partial charge on any atom is -0.387 e. The van der Waals surface area contributed by atoms with Gasteiger partial charge in [-0.1, -0.05) is 6.58 Å². The quantitative estimate of drug-likeness (QED) is 0.716. The van der Waals surface area contributed by atoms with Gasteiger partial charge in [-0.3, -0.25) is 4.57 Å². The lowest BCUT2D eigenvalue weighted by molar-refractivity contribution is -0.0288. The number of fused-ring (bicyclic) bond motifs is 1. The Morgan fingerprint density at radius 3 is 2.95 bits per heavy atom. The summed E-state index contributed by atoms with van der Waals surface area (Å²) < 4.78 is 7.29. The van der Waals surface area contributed by atoms with Gasteiger partial charge in [0.25, 0.3) is 0 Å². The van der Waals surface area contributed by atoms with E-state index in [0.717, 1.165) is 0 Å². The number of thioether (sulfide) groups is 1. The molecule has 0 amide bonds. The highest BCUT2D eigenvalue weighted by Crippen LogP contribution is 2.33. The zero-order valence-electron chi connectivity index (χ0n) is 11.0. The molecule has 3 rings (SSSR count). The van der Waals surface area contributed by atoms with E-state index in [0.29, 0.717) is 16.9 Å². The van der Waals surface area contributed by atoms with Gasteiger partial charge in [0.15, 0.2) is 17.7 Å². The molecule has 3 heterocycles. The summed E-state index contributed by atoms with van der Waals surface area (Å²) in [5.41, 5.74) is 6.62. The maximum atomic E-state index is 10.2. The van der Waals surface area contributed by atoms with E-state index in [-0.39, 0.29) is 5.82 Å². The molecule has 8 nitrogen and oxygen atoms in total. The normalized spacial score (nSPS) is 29.0. The van der Waals surface area contributed by atoms with Crippen molar-refractivity contribution in [3.05, 3.63) is 24.6 Å². The van der Waals surface area contributed by atoms with Crippen LogP contribution in [-0.2, 0) is 4.74 Å². The molecule has 0 aliphatic carbocycles. The van der Waals surface area contributed by atoms with Crippen LogP contribution in [0.2, 0.25) is 0 Å². The fourth-order valence-electron chi connectivity index (χ4n) is 2.32. The van der Waals surface area contributed by atoms with Gasteiger partial charge in [0.1, 0.15) is 24.1 Å². The molecule has 21 heavy (non-hydrogen) atoms. The Labute approximate surface area is 124 Å². The summed E-state index contributed by atoms with van der Waals surface area (Å²) in [6.07, 6.45) is -0.537. The maximum Gasteiger partial charge on any atom is 0.167 e. The molecule has 1 saturated heterocycles. The first-order valence-corrected chi connectivity index (χ1v) is 7.35. The van der Waals surface area contributed by atoms with Gasteiger partial charge in [-0.25, -0.2) is 15.0 Å². The molecule has 112 valence electrons. The second-order valence-electron chi connectivity index (χ2n) is 4.63. The minimum absolute atomic E-state index is 0.255. The van der Waals surface area contributed by atoms with E-state index in [1.54, 1.807) is 9.98 Å². The van der Waals surface area contributed by atoms with Crippen molar-refractivity contribution in [2.24, 2.45) is 0 Å². The van der Waals surface area contributed by atoms with E-state index in [4.69, 9.17) is 10.5 Å². The van der Waals surface area contributed by atoms with Crippen LogP contribution in [0.4, 0.5) is 5.82 Å². The smallest absolute Gasteiger partial charge is 0.167 e. The van der Waals surface area contributed by atoms with E-state index in [1.807, 2.05) is 0 Å². The zero-order chi connectivity index (χ0) is 15.0. The molecule has 2 aromatic heterocycles. The van der Waals surface area contributed by atoms with Crippen molar-refractivity contribution >= 4 is 28.7 Å². The number of aliphatic hydroxyl groups excluding tert-OH is 2. The number of nitrogens with zero attached hydrogens (tertiary/aromatic N) is 4. The zero-order valence-corrected chi connectivity index (χ0v) is 11.8. The summed E-state index contributed by atoms with van der Waals surface area (Å²) in [5, 5.41) is 21.9. The first kappa shape index (κ1) is 14.3. The molecule has 0 saturated carbocycles. The summed E-state index contributed by atoms with van der Waals surface area (Å²) in [6, 6.07) is 0. The average Bonchev–Trinajstić information content (AvgIpc) is 3.02. The van der Waals surface area contributed by atoms with Crippen molar-refractivity contribution in [1.29, 1.82) is 0 Å². The number of hydrogen-bond acceptors (Lipinski definition) is 8. The van der Waals surface area contributed by atoms with Gasteiger partial charge in [0, 0.05) is 5.75 Å². The van der Waals surface area contributed by atoms with E-state index in [2.05, 4.69) is 21.5 Å². The monoisotopic (exact) mass is 309 g/mol. The summed E-state index contributed by atoms with van der Waals surface area (Å²) in [4.78, 5) is 12.1. The van der Waals surface area contributed by atoms with Crippen LogP contribution in [0.15, 0.2) is 24.6 Å². The van der Waals surface area contributed by atoms with Gasteiger partial charge in [0.05, 0.1) is 12.4 Å². The van der Waals surface area contributed by atoms with Gasteiger partial charge < -0.3 is 20.7 Å². The highest BCUT2D eigenvalue weighted by Gasteiger charge is 2.44. The lowest BCUT2D eigenvalue weighted by atomic mass is 10.1. The van der Waals surface area contributed by atoms with E-state index >= 15 is 0 Å². The van der Waals surface area contributed by atoms with Crippen molar-refractivity contribution in [3.8, 4) is 0 Å². The second-order valence-corrected chi connectivity index (χ2v) is 5.63. The average molecular weight is 309 g/mol. The molecular formula is C12H15N5O3S. The standard InChI is InChI=1S/C12H15N5O3S/c1-2-21-3-6-8(18)9(19)12(20-6)17-5-16-7-10(13)14-4-15-11(7)17/h2,4-6,8-9,12,18-19H,1,3H2,(H2,13,14,15). The number of aromatic nitrogens is 4. The Hall–Kier alpha value is -1.68. The van der Waals surface area contributed by atoms with Gasteiger partial charge in [0.2, 0.25) is 0 Å². The van der Waals surface area contributed by atoms with Crippen LogP contribution in [0.5, 0.6) is 0 Å². The molecule has 1 fully saturated rings. The van der Waals surface area contributed by atoms with E-state index in [1.165, 1.54) is 24.4 Å². The predicted octanol–water partition coefficient (Wildman–Crippen LogP) is -0.0956. The van der Waals surface area contributed by atoms with Crippen molar-refractivity contribution in [1.82, 2.24) is 19.5 Å². The molecular weight excluding hydrogens is 294 g/mol. The maximum absolute atomic E-state index is 10.2. The number of imidazole rings is 1. The van der Waals surface area contributed by atoms with Crippen LogP contribution in [-0.4, -0.2) is 53.8 Å². The van der Waals surface area contributed by atoms with E-state index < -0.39 is 24.5 Å². The summed E-state index contributed by atoms with van der Waals surface area (Å²) in [5.74, 6) is 0.757. The molecule has 2 aromatic rings. The van der Waals surface area contributed by atoms with Crippen molar-refractivity contribution in [2.45, 2.75) is 24.5 Å². The Morgan fingerprint density at radius 2 is 2.19 bits per heavy atom. The molecule has 4 unspecified atom stereocenters. The molecule has 1 aliphatic rings. The summed E-state index contributed by atoms with van der Waals surface area (Å²) >= 11 is 1.41. The number of nitrogens with two attached hydrogens (primary N) is 1. The molecule has 0 aromatic carbocycles. The number of aliphatic hydroxyl groups is 2. The molecule has 0 bridgehead atoms. The topological polar surface area (TPSA) is 119 Å². The predicted molar refractivity (Wildman–Crippen MR) is 78.3 cm³/mol. The Bertz CT molecular complexity index is 663. The van der Waals surface area contributed by atoms with Crippen LogP contribution in [0.25, 0.3) is 11.2 Å². The second kappa shape index (κ2) is 5.60. The number of anilines is 1. The lowest BCUT2D eigenvalue weighted by Crippen LogP contribution is -2.32. The fourth-order valence-corrected chi connectivity index (χ4v) is 2.92. The molecule has 0 radical (unpaired) electrons. The number of rotatable bonds is 4. The van der Waals surface area contributed by atoms with Gasteiger partial charge in [-0.05, 0) is 5.41 Å². The number of ether oxygens (including phenoxy) is 1. The molecule has 9 heteroatoms. The van der Waals surface area contributed by atoms with Crippen LogP contribution >= 0.6 is 11.8 Å². The Kier molecular flexibility index (Phi) is 3.81. The van der Waals surface area contributed by atoms with Crippen molar-refractivity contribution in [2.75, 3.05) is 11.5 Å². The van der Waals surface area contributed by atoms with Crippen LogP contribution < -0.4 is 5.73 Å². The molecule has 4 N–H and O–H groups in total. The minimum atomic E-state index is -1.07. The summed E-state index contributed by atoms with van der Waals surface area (Å²) in [6.45, 7) is 3.60. The first-order valence-electron chi connectivity index (χ1n) is 6.30. The Balaban J connectivity index is 1.92. The first-order chi connectivity index (χ1) is 10.1. The highest BCUT2D eigenvalue weighted by molar-refractivity contribution is 8.02. The largest absolute Gasteiger partial charge is 0.387 e. The van der Waals surface area contributed by atoms with Gasteiger partial charge in [-0.15, -0.1) is 11.8 Å². The summed E-state index contributed by atoms with van der Waals surface area (Å²) in [7, 11) is 0. The Morgan fingerprint density at radius 1 is 1.38 bits per heavy atom. The highest BCUT2D eigenvalue weighted by atomic mass is 32.2. The third-order valence-electron chi connectivity index (χ3n) is 3.38. The van der Waals surface area contributed by atoms with Crippen LogP contribution in [0.3, 0.4) is 0 Å². The molecule has 4 atom stereocenters. The lowest BCUT2D eigenvalue weighted by Gasteiger charge is -2.16. The van der Waals surface area contributed by atoms with Crippen molar-refractivity contribution in [3.63, 3.8) is 0 Å². The third-order valence-corrected chi connectivity index (χ3v) is 4.13. The fraction of sp³-hybridized carbons (Fsp3) is 0.417. The van der Waals surface area contributed by atoms with Crippen molar-refractivity contribution < 1.29 is 14.9 Å². The SMILES string of the molecule is C=CSCC1OC(n2cnc3c(N)ncnc32)C(O)C1O. The van der Waals surface area contributed by atoms with Gasteiger partial charge >= 0.3 is 0 Å². The third kappa shape index (κ3) is 2.38. The molecule has 0 spiro atoms. The van der Waals surface area contributed by atoms with E-state index in [9.17, 15) is 10.2 Å². The van der Waals surface area contributed by atoms with Crippen LogP contribution in [0, 0.1) is 0 Å². The molecule has 1 aliphatic heterocycles.